The van der Waals surface area contributed by atoms with Gasteiger partial charge in [0, 0.05) is 11.6 Å². The molecule has 6 heteroatoms. The smallest absolute Gasteiger partial charge is 0.262 e. The van der Waals surface area contributed by atoms with Crippen molar-refractivity contribution in [3.8, 4) is 0 Å². The zero-order chi connectivity index (χ0) is 21.9. The van der Waals surface area contributed by atoms with Crippen LogP contribution < -0.4 is 10.9 Å². The number of hydrogen-bond acceptors (Lipinski definition) is 4. The lowest BCUT2D eigenvalue weighted by atomic mass is 9.53. The molecule has 7 rings (SSSR count). The number of fused-ring (bicyclic) bond motifs is 1. The molecule has 5 nitrogen and oxygen atoms in total. The SMILES string of the molecule is CC(Sc1nc2ccccc2c(=O)n1C1CCCC1)C(=O)NC12CC3CC(CC(C3)C1)C2. The zero-order valence-corrected chi connectivity index (χ0v) is 19.7. The van der Waals surface area contributed by atoms with Gasteiger partial charge in [-0.05, 0) is 88.2 Å². The van der Waals surface area contributed by atoms with Crippen molar-refractivity contribution in [3.05, 3.63) is 34.6 Å². The molecule has 5 aliphatic carbocycles. The van der Waals surface area contributed by atoms with Gasteiger partial charge in [0.2, 0.25) is 5.91 Å². The number of para-hydroxylation sites is 1. The Morgan fingerprint density at radius 1 is 1.09 bits per heavy atom. The summed E-state index contributed by atoms with van der Waals surface area (Å²) >= 11 is 1.46. The van der Waals surface area contributed by atoms with Gasteiger partial charge in [0.05, 0.1) is 16.2 Å². The number of carbonyl (C=O) groups is 1. The van der Waals surface area contributed by atoms with Crippen molar-refractivity contribution >= 4 is 28.6 Å². The summed E-state index contributed by atoms with van der Waals surface area (Å²) in [5.41, 5.74) is 0.782. The van der Waals surface area contributed by atoms with Crippen molar-refractivity contribution in [2.75, 3.05) is 0 Å². The van der Waals surface area contributed by atoms with Crippen molar-refractivity contribution in [2.24, 2.45) is 17.8 Å². The first-order chi connectivity index (χ1) is 15.5. The molecule has 32 heavy (non-hydrogen) atoms. The molecule has 0 spiro atoms. The fourth-order valence-corrected chi connectivity index (χ4v) is 8.51. The Bertz CT molecular complexity index is 1070. The molecule has 1 aromatic carbocycles. The Hall–Kier alpha value is -1.82. The van der Waals surface area contributed by atoms with Gasteiger partial charge in [-0.2, -0.15) is 0 Å². The molecule has 1 atom stereocenters. The molecule has 4 bridgehead atoms. The van der Waals surface area contributed by atoms with E-state index in [9.17, 15) is 9.59 Å². The summed E-state index contributed by atoms with van der Waals surface area (Å²) in [6.07, 6.45) is 11.9. The van der Waals surface area contributed by atoms with Crippen LogP contribution in [-0.4, -0.2) is 26.2 Å². The molecule has 5 fully saturated rings. The normalized spacial score (nSPS) is 32.5. The van der Waals surface area contributed by atoms with Crippen LogP contribution in [0.25, 0.3) is 10.9 Å². The van der Waals surface area contributed by atoms with Crippen LogP contribution in [0.15, 0.2) is 34.2 Å². The monoisotopic (exact) mass is 451 g/mol. The highest BCUT2D eigenvalue weighted by Gasteiger charge is 2.51. The maximum atomic E-state index is 13.4. The highest BCUT2D eigenvalue weighted by Crippen LogP contribution is 2.55. The number of hydrogen-bond donors (Lipinski definition) is 1. The summed E-state index contributed by atoms with van der Waals surface area (Å²) in [5, 5.41) is 4.61. The number of aromatic nitrogens is 2. The maximum Gasteiger partial charge on any atom is 0.262 e. The summed E-state index contributed by atoms with van der Waals surface area (Å²) in [6.45, 7) is 1.97. The van der Waals surface area contributed by atoms with Crippen LogP contribution in [0.1, 0.15) is 77.2 Å². The second kappa shape index (κ2) is 7.89. The second-order valence-corrected chi connectivity index (χ2v) is 12.3. The molecule has 0 radical (unpaired) electrons. The lowest BCUT2D eigenvalue weighted by Crippen LogP contribution is -2.60. The van der Waals surface area contributed by atoms with E-state index in [1.54, 1.807) is 0 Å². The van der Waals surface area contributed by atoms with Crippen LogP contribution in [0.2, 0.25) is 0 Å². The quantitative estimate of drug-likeness (QED) is 0.509. The predicted octanol–water partition coefficient (Wildman–Crippen LogP) is 5.08. The van der Waals surface area contributed by atoms with Gasteiger partial charge in [-0.15, -0.1) is 0 Å². The summed E-state index contributed by atoms with van der Waals surface area (Å²) in [6, 6.07) is 7.79. The van der Waals surface area contributed by atoms with Gasteiger partial charge < -0.3 is 5.32 Å². The first kappa shape index (κ1) is 20.8. The molecule has 0 saturated heterocycles. The van der Waals surface area contributed by atoms with Crippen LogP contribution in [0.3, 0.4) is 0 Å². The Morgan fingerprint density at radius 3 is 2.38 bits per heavy atom. The van der Waals surface area contributed by atoms with Crippen LogP contribution in [0.4, 0.5) is 0 Å². The maximum absolute atomic E-state index is 13.4. The largest absolute Gasteiger partial charge is 0.350 e. The Balaban J connectivity index is 1.26. The molecule has 1 N–H and O–H groups in total. The number of nitrogens with one attached hydrogen (secondary N) is 1. The summed E-state index contributed by atoms with van der Waals surface area (Å²) in [4.78, 5) is 31.6. The van der Waals surface area contributed by atoms with E-state index in [2.05, 4.69) is 5.32 Å². The van der Waals surface area contributed by atoms with Gasteiger partial charge in [-0.1, -0.05) is 36.7 Å². The molecule has 1 unspecified atom stereocenters. The average Bonchev–Trinajstić information content (AvgIpc) is 3.27. The molecular weight excluding hydrogens is 418 g/mol. The van der Waals surface area contributed by atoms with Crippen molar-refractivity contribution < 1.29 is 4.79 Å². The molecule has 5 aliphatic rings. The van der Waals surface area contributed by atoms with E-state index in [4.69, 9.17) is 4.98 Å². The van der Waals surface area contributed by atoms with E-state index in [0.717, 1.165) is 68.2 Å². The molecule has 0 aliphatic heterocycles. The third kappa shape index (κ3) is 3.59. The highest BCUT2D eigenvalue weighted by atomic mass is 32.2. The lowest BCUT2D eigenvalue weighted by Gasteiger charge is -2.57. The number of amides is 1. The van der Waals surface area contributed by atoms with E-state index in [0.29, 0.717) is 10.5 Å². The zero-order valence-electron chi connectivity index (χ0n) is 18.9. The topological polar surface area (TPSA) is 64.0 Å². The van der Waals surface area contributed by atoms with Crippen molar-refractivity contribution in [1.29, 1.82) is 0 Å². The first-order valence-corrected chi connectivity index (χ1v) is 13.4. The number of thioether (sulfide) groups is 1. The highest BCUT2D eigenvalue weighted by molar-refractivity contribution is 8.00. The van der Waals surface area contributed by atoms with Gasteiger partial charge in [0.15, 0.2) is 5.16 Å². The number of nitrogens with zero attached hydrogens (tertiary/aromatic N) is 2. The van der Waals surface area contributed by atoms with Crippen LogP contribution in [0.5, 0.6) is 0 Å². The van der Waals surface area contributed by atoms with Gasteiger partial charge in [-0.25, -0.2) is 4.98 Å². The Kier molecular flexibility index (Phi) is 5.12. The van der Waals surface area contributed by atoms with Gasteiger partial charge in [0.25, 0.3) is 5.56 Å². The molecule has 1 aromatic heterocycles. The van der Waals surface area contributed by atoms with Crippen LogP contribution in [-0.2, 0) is 4.79 Å². The standard InChI is InChI=1S/C26H33N3O2S/c1-16(23(30)28-26-13-17-10-18(14-26)12-19(11-17)15-26)32-25-27-22-9-5-4-8-21(22)24(31)29(25)20-6-2-3-7-20/h4-5,8-9,16-20H,2-3,6-7,10-15H2,1H3,(H,28,30). The van der Waals surface area contributed by atoms with E-state index < -0.39 is 0 Å². The number of carbonyl (C=O) groups excluding carboxylic acids is 1. The Labute approximate surface area is 193 Å². The minimum absolute atomic E-state index is 0.0165. The third-order valence-corrected chi connectivity index (χ3v) is 9.61. The van der Waals surface area contributed by atoms with Crippen molar-refractivity contribution in [1.82, 2.24) is 14.9 Å². The van der Waals surface area contributed by atoms with Gasteiger partial charge >= 0.3 is 0 Å². The minimum atomic E-state index is -0.274. The van der Waals surface area contributed by atoms with Crippen LogP contribution in [0, 0.1) is 17.8 Å². The molecule has 1 heterocycles. The number of rotatable bonds is 5. The molecule has 2 aromatic rings. The Morgan fingerprint density at radius 2 is 1.72 bits per heavy atom. The fraction of sp³-hybridized carbons (Fsp3) is 0.654. The molecule has 170 valence electrons. The second-order valence-electron chi connectivity index (χ2n) is 11.0. The van der Waals surface area contributed by atoms with Gasteiger partial charge in [0.1, 0.15) is 0 Å². The predicted molar refractivity (Wildman–Crippen MR) is 128 cm³/mol. The third-order valence-electron chi connectivity index (χ3n) is 8.54. The summed E-state index contributed by atoms with van der Waals surface area (Å²) in [7, 11) is 0. The van der Waals surface area contributed by atoms with Gasteiger partial charge in [-0.3, -0.25) is 14.2 Å². The lowest BCUT2D eigenvalue weighted by molar-refractivity contribution is -0.126. The minimum Gasteiger partial charge on any atom is -0.350 e. The summed E-state index contributed by atoms with van der Waals surface area (Å²) in [5.74, 6) is 2.52. The first-order valence-electron chi connectivity index (χ1n) is 12.5. The van der Waals surface area contributed by atoms with E-state index in [1.165, 1.54) is 31.0 Å². The van der Waals surface area contributed by atoms with Crippen LogP contribution >= 0.6 is 11.8 Å². The van der Waals surface area contributed by atoms with Crippen molar-refractivity contribution in [2.45, 2.75) is 93.1 Å². The molecule has 5 saturated carbocycles. The fourth-order valence-electron chi connectivity index (χ4n) is 7.53. The number of benzene rings is 1. The molecule has 1 amide bonds. The average molecular weight is 452 g/mol. The van der Waals surface area contributed by atoms with E-state index >= 15 is 0 Å². The van der Waals surface area contributed by atoms with E-state index in [1.807, 2.05) is 35.8 Å². The van der Waals surface area contributed by atoms with E-state index in [-0.39, 0.29) is 28.3 Å². The van der Waals surface area contributed by atoms with Crippen molar-refractivity contribution in [3.63, 3.8) is 0 Å². The molecular formula is C26H33N3O2S. The summed E-state index contributed by atoms with van der Waals surface area (Å²) < 4.78 is 1.90.